The number of nitrogens with one attached hydrogen (secondary N) is 2. The van der Waals surface area contributed by atoms with Crippen LogP contribution < -0.4 is 10.6 Å². The van der Waals surface area contributed by atoms with Gasteiger partial charge < -0.3 is 20.1 Å². The van der Waals surface area contributed by atoms with Gasteiger partial charge in [0, 0.05) is 11.6 Å². The van der Waals surface area contributed by atoms with Crippen LogP contribution in [0.15, 0.2) is 36.5 Å². The molecule has 5 rings (SSSR count). The molecule has 1 aromatic carbocycles. The molecule has 2 saturated heterocycles. The second-order valence-corrected chi connectivity index (χ2v) is 8.58. The van der Waals surface area contributed by atoms with E-state index in [0.29, 0.717) is 24.4 Å². The van der Waals surface area contributed by atoms with E-state index >= 15 is 0 Å². The Morgan fingerprint density at radius 2 is 1.79 bits per heavy atom. The molecule has 0 spiro atoms. The largest absolute Gasteiger partial charge is 0.371 e. The van der Waals surface area contributed by atoms with Crippen molar-refractivity contribution in [2.75, 3.05) is 13.2 Å². The van der Waals surface area contributed by atoms with E-state index in [9.17, 15) is 0 Å². The van der Waals surface area contributed by atoms with Crippen LogP contribution in [-0.4, -0.2) is 57.6 Å². The van der Waals surface area contributed by atoms with E-state index in [1.54, 1.807) is 0 Å². The topological polar surface area (TPSA) is 73.2 Å². The van der Waals surface area contributed by atoms with Crippen LogP contribution in [0.3, 0.4) is 0 Å². The van der Waals surface area contributed by atoms with Gasteiger partial charge in [-0.1, -0.05) is 54.8 Å². The van der Waals surface area contributed by atoms with Crippen LogP contribution in [0.4, 0.5) is 0 Å². The van der Waals surface area contributed by atoms with Crippen molar-refractivity contribution in [1.82, 2.24) is 25.6 Å². The molecule has 1 aliphatic carbocycles. The highest BCUT2D eigenvalue weighted by atomic mass is 32.1. The van der Waals surface area contributed by atoms with E-state index in [1.807, 2.05) is 41.2 Å². The van der Waals surface area contributed by atoms with Crippen molar-refractivity contribution >= 4 is 17.3 Å². The Balaban J connectivity index is 1.20. The highest BCUT2D eigenvalue weighted by molar-refractivity contribution is 7.80. The molecule has 2 N–H and O–H groups in total. The van der Waals surface area contributed by atoms with Gasteiger partial charge >= 0.3 is 0 Å². The summed E-state index contributed by atoms with van der Waals surface area (Å²) in [5, 5.41) is 16.3. The molecule has 29 heavy (non-hydrogen) atoms. The number of thiocarbonyl (C=S) groups is 1. The Kier molecular flexibility index (Phi) is 5.48. The number of hydrogen-bond acceptors (Lipinski definition) is 5. The van der Waals surface area contributed by atoms with E-state index in [2.05, 4.69) is 20.9 Å². The van der Waals surface area contributed by atoms with Crippen LogP contribution in [0.5, 0.6) is 0 Å². The molecule has 0 radical (unpaired) electrons. The number of rotatable bonds is 4. The van der Waals surface area contributed by atoms with Crippen molar-refractivity contribution in [2.45, 2.75) is 62.4 Å². The minimum absolute atomic E-state index is 0.0247. The maximum atomic E-state index is 6.10. The average molecular weight is 414 g/mol. The maximum Gasteiger partial charge on any atom is 0.166 e. The molecule has 4 atom stereocenters. The summed E-state index contributed by atoms with van der Waals surface area (Å²) in [7, 11) is 0. The first-order chi connectivity index (χ1) is 14.3. The maximum absolute atomic E-state index is 6.10. The lowest BCUT2D eigenvalue weighted by molar-refractivity contribution is 0.0624. The standard InChI is InChI=1S/C21H27N5O2S/c29-21(22-15-9-5-2-6-10-15)23-17-12-27-20-18(13-28-19(17)20)26-11-16(24-25-26)14-7-3-1-4-8-14/h1,3-4,7-8,11,15,17-20H,2,5-6,9-10,12-13H2,(H2,22,23,29). The Labute approximate surface area is 176 Å². The molecule has 0 bridgehead atoms. The third-order valence-electron chi connectivity index (χ3n) is 6.20. The molecule has 1 aromatic heterocycles. The normalized spacial score (nSPS) is 29.5. The van der Waals surface area contributed by atoms with Crippen molar-refractivity contribution in [3.05, 3.63) is 36.5 Å². The predicted octanol–water partition coefficient (Wildman–Crippen LogP) is 2.45. The smallest absolute Gasteiger partial charge is 0.166 e. The van der Waals surface area contributed by atoms with Crippen LogP contribution in [-0.2, 0) is 9.47 Å². The first-order valence-electron chi connectivity index (χ1n) is 10.6. The van der Waals surface area contributed by atoms with Gasteiger partial charge in [-0.2, -0.15) is 0 Å². The SMILES string of the molecule is S=C(NC1CCCCC1)NC1COC2C1OCC2n1cc(-c2ccccc2)nn1. The molecule has 154 valence electrons. The number of aromatic nitrogens is 3. The van der Waals surface area contributed by atoms with Crippen molar-refractivity contribution in [1.29, 1.82) is 0 Å². The van der Waals surface area contributed by atoms with Crippen LogP contribution >= 0.6 is 12.2 Å². The first kappa shape index (κ1) is 19.0. The van der Waals surface area contributed by atoms with Gasteiger partial charge in [0.25, 0.3) is 0 Å². The zero-order valence-electron chi connectivity index (χ0n) is 16.4. The molecule has 7 nitrogen and oxygen atoms in total. The zero-order chi connectivity index (χ0) is 19.6. The summed E-state index contributed by atoms with van der Waals surface area (Å²) in [6, 6.07) is 10.7. The van der Waals surface area contributed by atoms with E-state index in [0.717, 1.165) is 11.3 Å². The highest BCUT2D eigenvalue weighted by Crippen LogP contribution is 2.34. The van der Waals surface area contributed by atoms with Gasteiger partial charge in [-0.25, -0.2) is 4.68 Å². The number of benzene rings is 1. The Hall–Kier alpha value is -2.03. The molecular weight excluding hydrogens is 386 g/mol. The predicted molar refractivity (Wildman–Crippen MR) is 114 cm³/mol. The number of hydrogen-bond donors (Lipinski definition) is 2. The first-order valence-corrected chi connectivity index (χ1v) is 11.0. The molecule has 2 aromatic rings. The third kappa shape index (κ3) is 4.01. The van der Waals surface area contributed by atoms with Gasteiger partial charge in [-0.05, 0) is 25.1 Å². The van der Waals surface area contributed by atoms with Gasteiger partial charge in [0.1, 0.15) is 23.9 Å². The van der Waals surface area contributed by atoms with E-state index in [1.165, 1.54) is 32.1 Å². The quantitative estimate of drug-likeness (QED) is 0.746. The summed E-state index contributed by atoms with van der Waals surface area (Å²) >= 11 is 5.55. The molecule has 2 aliphatic heterocycles. The van der Waals surface area contributed by atoms with Crippen LogP contribution in [0.25, 0.3) is 11.3 Å². The summed E-state index contributed by atoms with van der Waals surface area (Å²) < 4.78 is 14.1. The van der Waals surface area contributed by atoms with Crippen molar-refractivity contribution in [2.24, 2.45) is 0 Å². The van der Waals surface area contributed by atoms with Crippen molar-refractivity contribution < 1.29 is 9.47 Å². The number of ether oxygens (including phenoxy) is 2. The average Bonchev–Trinajstić information content (AvgIpc) is 3.47. The minimum Gasteiger partial charge on any atom is -0.371 e. The molecule has 3 fully saturated rings. The van der Waals surface area contributed by atoms with Crippen LogP contribution in [0, 0.1) is 0 Å². The number of nitrogens with zero attached hydrogens (tertiary/aromatic N) is 3. The van der Waals surface area contributed by atoms with Crippen molar-refractivity contribution in [3.63, 3.8) is 0 Å². The lowest BCUT2D eigenvalue weighted by Gasteiger charge is -2.26. The minimum atomic E-state index is -0.0460. The van der Waals surface area contributed by atoms with E-state index in [-0.39, 0.29) is 24.3 Å². The monoisotopic (exact) mass is 413 g/mol. The van der Waals surface area contributed by atoms with Gasteiger partial charge in [-0.15, -0.1) is 5.10 Å². The molecule has 0 amide bonds. The van der Waals surface area contributed by atoms with Gasteiger partial charge in [0.05, 0.1) is 25.5 Å². The van der Waals surface area contributed by atoms with Crippen LogP contribution in [0.2, 0.25) is 0 Å². The molecule has 8 heteroatoms. The number of fused-ring (bicyclic) bond motifs is 1. The summed E-state index contributed by atoms with van der Waals surface area (Å²) in [5.74, 6) is 0. The fourth-order valence-corrected chi connectivity index (χ4v) is 4.97. The Morgan fingerprint density at radius 3 is 2.62 bits per heavy atom. The molecule has 4 unspecified atom stereocenters. The van der Waals surface area contributed by atoms with E-state index in [4.69, 9.17) is 21.7 Å². The van der Waals surface area contributed by atoms with Gasteiger partial charge in [-0.3, -0.25) is 0 Å². The fourth-order valence-electron chi connectivity index (χ4n) is 4.65. The van der Waals surface area contributed by atoms with Crippen molar-refractivity contribution in [3.8, 4) is 11.3 Å². The van der Waals surface area contributed by atoms with Crippen LogP contribution in [0.1, 0.15) is 38.1 Å². The summed E-state index contributed by atoms with van der Waals surface area (Å²) in [5.41, 5.74) is 1.92. The Bertz CT molecular complexity index is 839. The molecule has 3 aliphatic rings. The zero-order valence-corrected chi connectivity index (χ0v) is 17.2. The molecule has 1 saturated carbocycles. The Morgan fingerprint density at radius 1 is 1.00 bits per heavy atom. The second kappa shape index (κ2) is 8.38. The van der Waals surface area contributed by atoms with Gasteiger partial charge in [0.2, 0.25) is 0 Å². The van der Waals surface area contributed by atoms with E-state index < -0.39 is 0 Å². The summed E-state index contributed by atoms with van der Waals surface area (Å²) in [4.78, 5) is 0. The third-order valence-corrected chi connectivity index (χ3v) is 6.44. The molecule has 3 heterocycles. The fraction of sp³-hybridized carbons (Fsp3) is 0.571. The summed E-state index contributed by atoms with van der Waals surface area (Å²) in [6.07, 6.45) is 8.20. The van der Waals surface area contributed by atoms with Gasteiger partial charge in [0.15, 0.2) is 5.11 Å². The highest BCUT2D eigenvalue weighted by Gasteiger charge is 2.49. The lowest BCUT2D eigenvalue weighted by atomic mass is 9.96. The lowest BCUT2D eigenvalue weighted by Crippen LogP contribution is -2.50. The second-order valence-electron chi connectivity index (χ2n) is 8.17. The molecular formula is C21H27N5O2S. The summed E-state index contributed by atoms with van der Waals surface area (Å²) in [6.45, 7) is 1.15.